The van der Waals surface area contributed by atoms with Crippen LogP contribution in [0.2, 0.25) is 0 Å². The first-order chi connectivity index (χ1) is 8.02. The van der Waals surface area contributed by atoms with Crippen molar-refractivity contribution in [3.8, 4) is 0 Å². The largest absolute Gasteiger partial charge is 0.381 e. The Morgan fingerprint density at radius 3 is 2.06 bits per heavy atom. The van der Waals surface area contributed by atoms with E-state index in [1.54, 1.807) is 26.8 Å². The van der Waals surface area contributed by atoms with E-state index in [1.807, 2.05) is 6.92 Å². The van der Waals surface area contributed by atoms with Gasteiger partial charge in [-0.1, -0.05) is 40.7 Å². The van der Waals surface area contributed by atoms with Crippen molar-refractivity contribution in [1.29, 1.82) is 0 Å². The van der Waals surface area contributed by atoms with Crippen molar-refractivity contribution in [2.45, 2.75) is 60.3 Å². The Labute approximate surface area is 111 Å². The third kappa shape index (κ3) is 6.48. The number of allylic oxidation sites excluding steroid dienone is 2. The highest BCUT2D eigenvalue weighted by Gasteiger charge is 2.40. The van der Waals surface area contributed by atoms with Gasteiger partial charge in [0.25, 0.3) is 5.92 Å². The molecule has 0 fully saturated rings. The Hall–Kier alpha value is -0.440. The fraction of sp³-hybridized carbons (Fsp3) is 0.867. The molecule has 0 radical (unpaired) electrons. The average molecular weight is 262 g/mol. The summed E-state index contributed by atoms with van der Waals surface area (Å²) < 4.78 is 32.7. The molecule has 18 heavy (non-hydrogen) atoms. The minimum absolute atomic E-state index is 0.0391. The molecule has 0 rings (SSSR count). The van der Waals surface area contributed by atoms with E-state index >= 15 is 0 Å². The summed E-state index contributed by atoms with van der Waals surface area (Å²) in [6.07, 6.45) is 4.15. The molecule has 0 saturated carbocycles. The second-order valence-corrected chi connectivity index (χ2v) is 6.62. The Balaban J connectivity index is 4.19. The molecule has 0 aliphatic rings. The minimum atomic E-state index is -2.75. The van der Waals surface area contributed by atoms with Crippen LogP contribution in [0, 0.1) is 10.8 Å². The molecule has 0 unspecified atom stereocenters. The first kappa shape index (κ1) is 17.6. The summed E-state index contributed by atoms with van der Waals surface area (Å²) in [4.78, 5) is 0. The highest BCUT2D eigenvalue weighted by molar-refractivity contribution is 5.01. The van der Waals surface area contributed by atoms with Gasteiger partial charge in [0.05, 0.1) is 6.61 Å². The summed E-state index contributed by atoms with van der Waals surface area (Å²) >= 11 is 0. The van der Waals surface area contributed by atoms with Crippen molar-refractivity contribution in [3.63, 3.8) is 0 Å². The summed E-state index contributed by atoms with van der Waals surface area (Å²) in [5.74, 6) is -2.75. The zero-order valence-corrected chi connectivity index (χ0v) is 12.6. The maximum absolute atomic E-state index is 13.6. The molecule has 3 heteroatoms. The molecule has 0 aromatic carbocycles. The van der Waals surface area contributed by atoms with Gasteiger partial charge in [0.1, 0.15) is 0 Å². The molecule has 0 atom stereocenters. The number of rotatable bonds is 7. The van der Waals surface area contributed by atoms with Gasteiger partial charge in [0, 0.05) is 12.0 Å². The van der Waals surface area contributed by atoms with Gasteiger partial charge in [-0.3, -0.25) is 0 Å². The van der Waals surface area contributed by atoms with Crippen LogP contribution in [0.1, 0.15) is 54.4 Å². The molecule has 0 amide bonds. The third-order valence-corrected chi connectivity index (χ3v) is 3.01. The van der Waals surface area contributed by atoms with E-state index < -0.39 is 11.3 Å². The highest BCUT2D eigenvalue weighted by atomic mass is 19.3. The van der Waals surface area contributed by atoms with Crippen LogP contribution in [0.3, 0.4) is 0 Å². The van der Waals surface area contributed by atoms with E-state index in [2.05, 4.69) is 13.8 Å². The van der Waals surface area contributed by atoms with Crippen molar-refractivity contribution in [1.82, 2.24) is 0 Å². The van der Waals surface area contributed by atoms with Crippen LogP contribution in [0.4, 0.5) is 8.78 Å². The average Bonchev–Trinajstić information content (AvgIpc) is 2.20. The third-order valence-electron chi connectivity index (χ3n) is 3.01. The second-order valence-electron chi connectivity index (χ2n) is 6.62. The van der Waals surface area contributed by atoms with E-state index in [4.69, 9.17) is 4.74 Å². The van der Waals surface area contributed by atoms with Crippen molar-refractivity contribution in [3.05, 3.63) is 12.2 Å². The van der Waals surface area contributed by atoms with Crippen LogP contribution in [-0.4, -0.2) is 19.1 Å². The second kappa shape index (κ2) is 6.65. The summed E-state index contributed by atoms with van der Waals surface area (Å²) in [6, 6.07) is 0. The lowest BCUT2D eigenvalue weighted by atomic mass is 9.86. The quantitative estimate of drug-likeness (QED) is 0.582. The lowest BCUT2D eigenvalue weighted by Gasteiger charge is -2.27. The molecule has 0 bridgehead atoms. The maximum atomic E-state index is 13.6. The number of hydrogen-bond donors (Lipinski definition) is 0. The van der Waals surface area contributed by atoms with Crippen LogP contribution < -0.4 is 0 Å². The first-order valence-electron chi connectivity index (χ1n) is 6.65. The topological polar surface area (TPSA) is 9.23 Å². The molecule has 0 saturated heterocycles. The molecule has 0 aromatic heterocycles. The number of hydrogen-bond acceptors (Lipinski definition) is 1. The van der Waals surface area contributed by atoms with Crippen LogP contribution >= 0.6 is 0 Å². The summed E-state index contributed by atoms with van der Waals surface area (Å²) in [5.41, 5.74) is -0.984. The van der Waals surface area contributed by atoms with E-state index in [9.17, 15) is 8.78 Å². The van der Waals surface area contributed by atoms with Crippen molar-refractivity contribution < 1.29 is 13.5 Å². The van der Waals surface area contributed by atoms with E-state index in [1.165, 1.54) is 0 Å². The Kier molecular flexibility index (Phi) is 6.48. The lowest BCUT2D eigenvalue weighted by Crippen LogP contribution is -2.31. The number of halogens is 2. The summed E-state index contributed by atoms with van der Waals surface area (Å²) in [6.45, 7) is 12.2. The highest BCUT2D eigenvalue weighted by Crippen LogP contribution is 2.37. The molecular weight excluding hydrogens is 234 g/mol. The van der Waals surface area contributed by atoms with E-state index in [0.29, 0.717) is 19.6 Å². The van der Waals surface area contributed by atoms with E-state index in [0.717, 1.165) is 12.5 Å². The van der Waals surface area contributed by atoms with Crippen molar-refractivity contribution in [2.24, 2.45) is 10.8 Å². The van der Waals surface area contributed by atoms with Gasteiger partial charge < -0.3 is 4.74 Å². The summed E-state index contributed by atoms with van der Waals surface area (Å²) in [5, 5.41) is 0. The van der Waals surface area contributed by atoms with Gasteiger partial charge in [-0.05, 0) is 31.3 Å². The molecule has 1 nitrogen and oxygen atoms in total. The van der Waals surface area contributed by atoms with Gasteiger partial charge in [0.2, 0.25) is 0 Å². The SMILES string of the molecule is CCOCC(C)(C)CC/C=C/C(F)(F)C(C)(C)C. The van der Waals surface area contributed by atoms with Gasteiger partial charge in [0.15, 0.2) is 0 Å². The van der Waals surface area contributed by atoms with Gasteiger partial charge >= 0.3 is 0 Å². The maximum Gasteiger partial charge on any atom is 0.271 e. The Morgan fingerprint density at radius 1 is 1.06 bits per heavy atom. The fourth-order valence-electron chi connectivity index (χ4n) is 1.41. The van der Waals surface area contributed by atoms with Gasteiger partial charge in [-0.2, -0.15) is 0 Å². The molecule has 0 N–H and O–H groups in total. The minimum Gasteiger partial charge on any atom is -0.381 e. The molecule has 108 valence electrons. The monoisotopic (exact) mass is 262 g/mol. The first-order valence-corrected chi connectivity index (χ1v) is 6.65. The molecule has 0 aliphatic heterocycles. The van der Waals surface area contributed by atoms with Crippen LogP contribution in [0.15, 0.2) is 12.2 Å². The number of ether oxygens (including phenoxy) is 1. The molecule has 0 aliphatic carbocycles. The molecule has 0 spiro atoms. The Morgan fingerprint density at radius 2 is 1.61 bits per heavy atom. The molecular formula is C15H28F2O. The normalized spacial score (nSPS) is 14.4. The zero-order valence-electron chi connectivity index (χ0n) is 12.6. The fourth-order valence-corrected chi connectivity index (χ4v) is 1.41. The lowest BCUT2D eigenvalue weighted by molar-refractivity contribution is -0.0502. The Bertz CT molecular complexity index is 262. The summed E-state index contributed by atoms with van der Waals surface area (Å²) in [7, 11) is 0. The van der Waals surface area contributed by atoms with Crippen molar-refractivity contribution >= 4 is 0 Å². The predicted octanol–water partition coefficient (Wildman–Crippen LogP) is 5.07. The van der Waals surface area contributed by atoms with E-state index in [-0.39, 0.29) is 5.41 Å². The van der Waals surface area contributed by atoms with Crippen LogP contribution in [0.5, 0.6) is 0 Å². The molecule has 0 aromatic rings. The van der Waals surface area contributed by atoms with Crippen LogP contribution in [-0.2, 0) is 4.74 Å². The van der Waals surface area contributed by atoms with Gasteiger partial charge in [-0.15, -0.1) is 0 Å². The molecule has 0 heterocycles. The van der Waals surface area contributed by atoms with Crippen molar-refractivity contribution in [2.75, 3.05) is 13.2 Å². The number of alkyl halides is 2. The van der Waals surface area contributed by atoms with Gasteiger partial charge in [-0.25, -0.2) is 8.78 Å². The predicted molar refractivity (Wildman–Crippen MR) is 73.1 cm³/mol. The van der Waals surface area contributed by atoms with Crippen LogP contribution in [0.25, 0.3) is 0 Å². The zero-order chi connectivity index (χ0) is 14.4. The standard InChI is InChI=1S/C15H28F2O/c1-7-18-12-14(5,6)10-8-9-11-15(16,17)13(2,3)4/h9,11H,7-8,10,12H2,1-6H3/b11-9+. The smallest absolute Gasteiger partial charge is 0.271 e.